The van der Waals surface area contributed by atoms with Crippen molar-refractivity contribution in [3.8, 4) is 5.75 Å². The van der Waals surface area contributed by atoms with Crippen molar-refractivity contribution >= 4 is 27.5 Å². The molecule has 0 aliphatic rings. The van der Waals surface area contributed by atoms with Gasteiger partial charge in [0.1, 0.15) is 5.75 Å². The zero-order chi connectivity index (χ0) is 20.6. The fraction of sp³-hybridized carbons (Fsp3) is 0.316. The van der Waals surface area contributed by atoms with Crippen LogP contribution in [0, 0.1) is 0 Å². The van der Waals surface area contributed by atoms with Gasteiger partial charge in [0.05, 0.1) is 17.5 Å². The van der Waals surface area contributed by atoms with E-state index in [0.717, 1.165) is 5.56 Å². The summed E-state index contributed by atoms with van der Waals surface area (Å²) < 4.78 is 36.8. The maximum atomic E-state index is 12.1. The summed E-state index contributed by atoms with van der Waals surface area (Å²) in [5.41, 5.74) is 0.924. The highest BCUT2D eigenvalue weighted by Gasteiger charge is 2.14. The molecule has 1 unspecified atom stereocenters. The van der Waals surface area contributed by atoms with Gasteiger partial charge in [-0.2, -0.15) is 0 Å². The van der Waals surface area contributed by atoms with Crippen LogP contribution >= 0.6 is 11.6 Å². The Morgan fingerprint density at radius 1 is 1.11 bits per heavy atom. The Kier molecular flexibility index (Phi) is 8.25. The van der Waals surface area contributed by atoms with Crippen LogP contribution in [0.1, 0.15) is 18.5 Å². The first-order chi connectivity index (χ1) is 13.3. The number of methoxy groups -OCH3 is 1. The van der Waals surface area contributed by atoms with Crippen molar-refractivity contribution in [2.45, 2.75) is 17.9 Å². The van der Waals surface area contributed by atoms with Crippen LogP contribution in [-0.2, 0) is 19.6 Å². The fourth-order valence-electron chi connectivity index (χ4n) is 2.34. The number of hydrogen-bond donors (Lipinski definition) is 2. The fourth-order valence-corrected chi connectivity index (χ4v) is 3.48. The van der Waals surface area contributed by atoms with E-state index in [1.54, 1.807) is 12.1 Å². The lowest BCUT2D eigenvalue weighted by Crippen LogP contribution is -2.31. The third-order valence-electron chi connectivity index (χ3n) is 3.85. The molecule has 1 atom stereocenters. The van der Waals surface area contributed by atoms with Crippen LogP contribution < -0.4 is 14.8 Å². The number of benzene rings is 2. The standard InChI is InChI=1S/C19H23ClN2O5S/c1-14(15-3-5-16(20)6-4-15)22-19(23)13-27-17-7-9-18(10-8-17)28(24,25)21-11-12-26-2/h3-10,14,21H,11-13H2,1-2H3,(H,22,23). The van der Waals surface area contributed by atoms with E-state index < -0.39 is 10.0 Å². The smallest absolute Gasteiger partial charge is 0.258 e. The third-order valence-corrected chi connectivity index (χ3v) is 5.58. The number of halogens is 1. The summed E-state index contributed by atoms with van der Waals surface area (Å²) in [6, 6.07) is 12.8. The molecule has 0 bridgehead atoms. The molecule has 0 spiro atoms. The lowest BCUT2D eigenvalue weighted by molar-refractivity contribution is -0.123. The molecular formula is C19H23ClN2O5S. The normalized spacial score (nSPS) is 12.4. The molecule has 0 aliphatic carbocycles. The largest absolute Gasteiger partial charge is 0.484 e. The molecule has 0 aliphatic heterocycles. The van der Waals surface area contributed by atoms with Gasteiger partial charge in [0, 0.05) is 18.7 Å². The Morgan fingerprint density at radius 2 is 1.75 bits per heavy atom. The Morgan fingerprint density at radius 3 is 2.36 bits per heavy atom. The number of amides is 1. The van der Waals surface area contributed by atoms with E-state index in [4.69, 9.17) is 21.1 Å². The van der Waals surface area contributed by atoms with E-state index in [2.05, 4.69) is 10.0 Å². The number of rotatable bonds is 10. The average molecular weight is 427 g/mol. The van der Waals surface area contributed by atoms with Gasteiger partial charge in [-0.1, -0.05) is 23.7 Å². The van der Waals surface area contributed by atoms with Crippen molar-refractivity contribution in [2.24, 2.45) is 0 Å². The van der Waals surface area contributed by atoms with E-state index in [1.807, 2.05) is 19.1 Å². The highest BCUT2D eigenvalue weighted by molar-refractivity contribution is 7.89. The Balaban J connectivity index is 1.85. The highest BCUT2D eigenvalue weighted by atomic mass is 35.5. The Labute approximate surface area is 170 Å². The van der Waals surface area contributed by atoms with E-state index >= 15 is 0 Å². The number of hydrogen-bond acceptors (Lipinski definition) is 5. The molecule has 0 heterocycles. The summed E-state index contributed by atoms with van der Waals surface area (Å²) in [6.45, 7) is 2.14. The second-order valence-electron chi connectivity index (χ2n) is 5.99. The minimum atomic E-state index is -3.60. The average Bonchev–Trinajstić information content (AvgIpc) is 2.67. The number of nitrogens with one attached hydrogen (secondary N) is 2. The Bertz CT molecular complexity index is 870. The maximum absolute atomic E-state index is 12.1. The SMILES string of the molecule is COCCNS(=O)(=O)c1ccc(OCC(=O)NC(C)c2ccc(Cl)cc2)cc1. The lowest BCUT2D eigenvalue weighted by Gasteiger charge is -2.15. The van der Waals surface area contributed by atoms with Crippen molar-refractivity contribution in [1.82, 2.24) is 10.0 Å². The predicted octanol–water partition coefficient (Wildman–Crippen LogP) is 2.52. The summed E-state index contributed by atoms with van der Waals surface area (Å²) in [5, 5.41) is 3.46. The molecule has 7 nitrogen and oxygen atoms in total. The van der Waals surface area contributed by atoms with Gasteiger partial charge in [-0.15, -0.1) is 0 Å². The molecule has 0 aromatic heterocycles. The number of sulfonamides is 1. The van der Waals surface area contributed by atoms with Crippen LogP contribution in [0.4, 0.5) is 0 Å². The summed E-state index contributed by atoms with van der Waals surface area (Å²) >= 11 is 5.86. The highest BCUT2D eigenvalue weighted by Crippen LogP contribution is 2.17. The Hall–Kier alpha value is -2.13. The molecule has 1 amide bonds. The van der Waals surface area contributed by atoms with E-state index in [-0.39, 0.29) is 36.6 Å². The number of carbonyl (C=O) groups is 1. The van der Waals surface area contributed by atoms with Crippen LogP contribution in [0.3, 0.4) is 0 Å². The number of carbonyl (C=O) groups excluding carboxylic acids is 1. The molecule has 152 valence electrons. The van der Waals surface area contributed by atoms with Crippen molar-refractivity contribution in [2.75, 3.05) is 26.9 Å². The van der Waals surface area contributed by atoms with Gasteiger partial charge in [0.2, 0.25) is 10.0 Å². The van der Waals surface area contributed by atoms with Gasteiger partial charge in [-0.3, -0.25) is 4.79 Å². The monoisotopic (exact) mass is 426 g/mol. The zero-order valence-corrected chi connectivity index (χ0v) is 17.2. The lowest BCUT2D eigenvalue weighted by atomic mass is 10.1. The molecule has 9 heteroatoms. The van der Waals surface area contributed by atoms with E-state index in [9.17, 15) is 13.2 Å². The van der Waals surface area contributed by atoms with Gasteiger partial charge in [0.15, 0.2) is 6.61 Å². The van der Waals surface area contributed by atoms with E-state index in [0.29, 0.717) is 10.8 Å². The topological polar surface area (TPSA) is 93.7 Å². The first kappa shape index (κ1) is 22.2. The molecule has 0 fully saturated rings. The molecule has 0 radical (unpaired) electrons. The van der Waals surface area contributed by atoms with Crippen molar-refractivity contribution in [1.29, 1.82) is 0 Å². The van der Waals surface area contributed by atoms with Gasteiger partial charge in [-0.05, 0) is 48.9 Å². The molecule has 0 saturated heterocycles. The molecule has 0 saturated carbocycles. The molecule has 2 aromatic rings. The first-order valence-corrected chi connectivity index (χ1v) is 10.4. The van der Waals surface area contributed by atoms with Crippen LogP contribution in [0.5, 0.6) is 5.75 Å². The van der Waals surface area contributed by atoms with Crippen LogP contribution in [0.15, 0.2) is 53.4 Å². The molecule has 2 aromatic carbocycles. The second-order valence-corrected chi connectivity index (χ2v) is 8.19. The summed E-state index contributed by atoms with van der Waals surface area (Å²) in [4.78, 5) is 12.2. The molecule has 2 rings (SSSR count). The van der Waals surface area contributed by atoms with Gasteiger partial charge in [0.25, 0.3) is 5.91 Å². The van der Waals surface area contributed by atoms with E-state index in [1.165, 1.54) is 31.4 Å². The van der Waals surface area contributed by atoms with Crippen molar-refractivity contribution in [3.05, 3.63) is 59.1 Å². The summed E-state index contributed by atoms with van der Waals surface area (Å²) in [7, 11) is -2.11. The molecule has 2 N–H and O–H groups in total. The minimum absolute atomic E-state index is 0.108. The van der Waals surface area contributed by atoms with Crippen molar-refractivity contribution < 1.29 is 22.7 Å². The third kappa shape index (κ3) is 6.79. The van der Waals surface area contributed by atoms with Gasteiger partial charge in [-0.25, -0.2) is 13.1 Å². The van der Waals surface area contributed by atoms with Crippen LogP contribution in [0.2, 0.25) is 5.02 Å². The minimum Gasteiger partial charge on any atom is -0.484 e. The zero-order valence-electron chi connectivity index (χ0n) is 15.6. The van der Waals surface area contributed by atoms with Crippen LogP contribution in [0.25, 0.3) is 0 Å². The maximum Gasteiger partial charge on any atom is 0.258 e. The second kappa shape index (κ2) is 10.4. The molecule has 28 heavy (non-hydrogen) atoms. The van der Waals surface area contributed by atoms with Gasteiger partial charge >= 0.3 is 0 Å². The number of ether oxygens (including phenoxy) is 2. The summed E-state index contributed by atoms with van der Waals surface area (Å²) in [6.07, 6.45) is 0. The quantitative estimate of drug-likeness (QED) is 0.569. The van der Waals surface area contributed by atoms with Crippen LogP contribution in [-0.4, -0.2) is 41.2 Å². The van der Waals surface area contributed by atoms with Crippen molar-refractivity contribution in [3.63, 3.8) is 0 Å². The predicted molar refractivity (Wildman–Crippen MR) is 107 cm³/mol. The van der Waals surface area contributed by atoms with Gasteiger partial charge < -0.3 is 14.8 Å². The first-order valence-electron chi connectivity index (χ1n) is 8.58. The molecular weight excluding hydrogens is 404 g/mol. The summed E-state index contributed by atoms with van der Waals surface area (Å²) in [5.74, 6) is 0.102.